The molecule has 0 radical (unpaired) electrons. The lowest BCUT2D eigenvalue weighted by Crippen LogP contribution is -2.03. The zero-order valence-corrected chi connectivity index (χ0v) is 11.9. The van der Waals surface area contributed by atoms with Crippen LogP contribution in [0.3, 0.4) is 0 Å². The Balaban J connectivity index is 1.98. The second-order valence-electron chi connectivity index (χ2n) is 4.99. The molecule has 4 rings (SSSR count). The third kappa shape index (κ3) is 2.26. The lowest BCUT2D eigenvalue weighted by Gasteiger charge is -2.06. The van der Waals surface area contributed by atoms with Gasteiger partial charge in [-0.15, -0.1) is 0 Å². The molecule has 0 aliphatic heterocycles. The highest BCUT2D eigenvalue weighted by molar-refractivity contribution is 5.86. The number of benzene rings is 2. The quantitative estimate of drug-likeness (QED) is 0.572. The lowest BCUT2D eigenvalue weighted by molar-refractivity contribution is 0.437. The van der Waals surface area contributed by atoms with Gasteiger partial charge in [0.1, 0.15) is 5.58 Å². The fourth-order valence-electron chi connectivity index (χ4n) is 2.51. The summed E-state index contributed by atoms with van der Waals surface area (Å²) in [6, 6.07) is 16.4. The topological polar surface area (TPSA) is 95.2 Å². The molecule has 2 heterocycles. The molecule has 23 heavy (non-hydrogen) atoms. The summed E-state index contributed by atoms with van der Waals surface area (Å²) in [6.07, 6.45) is 0. The van der Waals surface area contributed by atoms with Gasteiger partial charge in [-0.25, -0.2) is 4.79 Å². The third-order valence-electron chi connectivity index (χ3n) is 3.54. The molecular formula is C17H11N3O3. The summed E-state index contributed by atoms with van der Waals surface area (Å²) in [5, 5.41) is 4.66. The Hall–Kier alpha value is -3.41. The second-order valence-corrected chi connectivity index (χ2v) is 4.99. The first-order valence-corrected chi connectivity index (χ1v) is 6.94. The average Bonchev–Trinajstić information content (AvgIpc) is 3.00. The third-order valence-corrected chi connectivity index (χ3v) is 3.54. The van der Waals surface area contributed by atoms with Crippen LogP contribution in [-0.4, -0.2) is 10.1 Å². The van der Waals surface area contributed by atoms with Crippen LogP contribution in [0.2, 0.25) is 0 Å². The standard InChI is InChI=1S/C17H11N3O3/c18-17-19-15(20-23-17)12-7-3-2-6-11(12)13-9-10-5-1-4-8-14(10)22-16(13)21/h1-9H,(H2,18,19,20). The number of anilines is 1. The Morgan fingerprint density at radius 3 is 2.43 bits per heavy atom. The van der Waals surface area contributed by atoms with Crippen molar-refractivity contribution in [1.82, 2.24) is 10.1 Å². The molecule has 0 saturated heterocycles. The van der Waals surface area contributed by atoms with E-state index >= 15 is 0 Å². The van der Waals surface area contributed by atoms with E-state index in [-0.39, 0.29) is 6.01 Å². The highest BCUT2D eigenvalue weighted by Crippen LogP contribution is 2.30. The van der Waals surface area contributed by atoms with Crippen molar-refractivity contribution in [2.45, 2.75) is 0 Å². The molecule has 2 aromatic heterocycles. The average molecular weight is 305 g/mol. The van der Waals surface area contributed by atoms with Crippen molar-refractivity contribution in [2.75, 3.05) is 5.73 Å². The number of aromatic nitrogens is 2. The Morgan fingerprint density at radius 2 is 1.65 bits per heavy atom. The molecule has 0 saturated carbocycles. The molecule has 6 heteroatoms. The predicted molar refractivity (Wildman–Crippen MR) is 85.6 cm³/mol. The number of fused-ring (bicyclic) bond motifs is 1. The van der Waals surface area contributed by atoms with Gasteiger partial charge in [-0.1, -0.05) is 47.6 Å². The second kappa shape index (κ2) is 5.10. The van der Waals surface area contributed by atoms with E-state index in [1.165, 1.54) is 0 Å². The van der Waals surface area contributed by atoms with Crippen LogP contribution < -0.4 is 11.4 Å². The van der Waals surface area contributed by atoms with Gasteiger partial charge in [-0.05, 0) is 12.1 Å². The number of hydrogen-bond acceptors (Lipinski definition) is 6. The molecule has 0 aliphatic carbocycles. The molecule has 2 aromatic carbocycles. The Bertz CT molecular complexity index is 1070. The van der Waals surface area contributed by atoms with Crippen molar-refractivity contribution in [1.29, 1.82) is 0 Å². The van der Waals surface area contributed by atoms with Gasteiger partial charge in [0, 0.05) is 16.5 Å². The van der Waals surface area contributed by atoms with E-state index in [9.17, 15) is 4.79 Å². The Morgan fingerprint density at radius 1 is 0.913 bits per heavy atom. The van der Waals surface area contributed by atoms with E-state index < -0.39 is 5.63 Å². The SMILES string of the molecule is Nc1nc(-c2ccccc2-c2cc3ccccc3oc2=O)no1. The van der Waals surface area contributed by atoms with E-state index in [0.29, 0.717) is 28.1 Å². The van der Waals surface area contributed by atoms with Crippen molar-refractivity contribution in [3.8, 4) is 22.5 Å². The van der Waals surface area contributed by atoms with Gasteiger partial charge in [-0.2, -0.15) is 4.98 Å². The molecule has 6 nitrogen and oxygen atoms in total. The molecule has 0 amide bonds. The summed E-state index contributed by atoms with van der Waals surface area (Å²) in [5.41, 5.74) is 7.35. The van der Waals surface area contributed by atoms with E-state index in [2.05, 4.69) is 10.1 Å². The van der Waals surface area contributed by atoms with Crippen molar-refractivity contribution in [2.24, 2.45) is 0 Å². The van der Waals surface area contributed by atoms with Crippen molar-refractivity contribution in [3.63, 3.8) is 0 Å². The summed E-state index contributed by atoms with van der Waals surface area (Å²) >= 11 is 0. The zero-order chi connectivity index (χ0) is 15.8. The Labute approximate surface area is 130 Å². The molecule has 0 bridgehead atoms. The first-order valence-electron chi connectivity index (χ1n) is 6.94. The minimum Gasteiger partial charge on any atom is -0.422 e. The fourth-order valence-corrected chi connectivity index (χ4v) is 2.51. The maximum atomic E-state index is 12.4. The summed E-state index contributed by atoms with van der Waals surface area (Å²) in [4.78, 5) is 16.4. The Kier molecular flexibility index (Phi) is 2.94. The number of nitrogens with two attached hydrogens (primary N) is 1. The molecule has 0 unspecified atom stereocenters. The number of para-hydroxylation sites is 1. The van der Waals surface area contributed by atoms with Gasteiger partial charge in [0.2, 0.25) is 5.82 Å². The zero-order valence-electron chi connectivity index (χ0n) is 11.9. The van der Waals surface area contributed by atoms with Gasteiger partial charge < -0.3 is 14.7 Å². The van der Waals surface area contributed by atoms with Gasteiger partial charge in [0.15, 0.2) is 0 Å². The maximum absolute atomic E-state index is 12.4. The molecule has 4 aromatic rings. The van der Waals surface area contributed by atoms with Gasteiger partial charge in [0.05, 0.1) is 5.56 Å². The van der Waals surface area contributed by atoms with Crippen LogP contribution >= 0.6 is 0 Å². The van der Waals surface area contributed by atoms with E-state index in [1.807, 2.05) is 36.4 Å². The summed E-state index contributed by atoms with van der Waals surface area (Å²) in [7, 11) is 0. The number of nitrogens with zero attached hydrogens (tertiary/aromatic N) is 2. The molecule has 112 valence electrons. The smallest absolute Gasteiger partial charge is 0.344 e. The van der Waals surface area contributed by atoms with Crippen molar-refractivity contribution < 1.29 is 8.94 Å². The molecule has 2 N–H and O–H groups in total. The minimum absolute atomic E-state index is 0.0275. The molecular weight excluding hydrogens is 294 g/mol. The molecule has 0 aliphatic rings. The summed E-state index contributed by atoms with van der Waals surface area (Å²) in [6.45, 7) is 0. The van der Waals surface area contributed by atoms with Gasteiger partial charge in [0.25, 0.3) is 0 Å². The highest BCUT2D eigenvalue weighted by atomic mass is 16.5. The van der Waals surface area contributed by atoms with Crippen LogP contribution in [0.25, 0.3) is 33.5 Å². The lowest BCUT2D eigenvalue weighted by atomic mass is 10.00. The predicted octanol–water partition coefficient (Wildman–Crippen LogP) is 3.09. The molecule has 0 fully saturated rings. The monoisotopic (exact) mass is 305 g/mol. The van der Waals surface area contributed by atoms with Gasteiger partial charge in [-0.3, -0.25) is 0 Å². The van der Waals surface area contributed by atoms with Crippen molar-refractivity contribution >= 4 is 17.0 Å². The van der Waals surface area contributed by atoms with Crippen LogP contribution in [0.5, 0.6) is 0 Å². The van der Waals surface area contributed by atoms with Crippen molar-refractivity contribution in [3.05, 3.63) is 65.0 Å². The summed E-state index contributed by atoms with van der Waals surface area (Å²) in [5.74, 6) is 0.325. The number of nitrogen functional groups attached to an aromatic ring is 1. The van der Waals surface area contributed by atoms with Crippen LogP contribution in [0.15, 0.2) is 68.3 Å². The number of rotatable bonds is 2. The molecule has 0 spiro atoms. The van der Waals surface area contributed by atoms with Crippen LogP contribution in [-0.2, 0) is 0 Å². The van der Waals surface area contributed by atoms with E-state index in [4.69, 9.17) is 14.7 Å². The van der Waals surface area contributed by atoms with E-state index in [1.54, 1.807) is 18.2 Å². The van der Waals surface area contributed by atoms with Crippen LogP contribution in [0.1, 0.15) is 0 Å². The number of hydrogen-bond donors (Lipinski definition) is 1. The summed E-state index contributed by atoms with van der Waals surface area (Å²) < 4.78 is 10.2. The van der Waals surface area contributed by atoms with E-state index in [0.717, 1.165) is 5.39 Å². The molecule has 0 atom stereocenters. The first kappa shape index (κ1) is 13.3. The highest BCUT2D eigenvalue weighted by Gasteiger charge is 2.16. The normalized spacial score (nSPS) is 11.0. The first-order chi connectivity index (χ1) is 11.2. The largest absolute Gasteiger partial charge is 0.422 e. The fraction of sp³-hybridized carbons (Fsp3) is 0. The van der Waals surface area contributed by atoms with Crippen LogP contribution in [0.4, 0.5) is 6.01 Å². The minimum atomic E-state index is -0.424. The van der Waals surface area contributed by atoms with Crippen LogP contribution in [0, 0.1) is 0 Å². The van der Waals surface area contributed by atoms with Gasteiger partial charge >= 0.3 is 11.6 Å². The maximum Gasteiger partial charge on any atom is 0.344 e.